The van der Waals surface area contributed by atoms with E-state index in [9.17, 15) is 0 Å². The summed E-state index contributed by atoms with van der Waals surface area (Å²) in [7, 11) is 0. The smallest absolute Gasteiger partial charge is 0.0195 e. The number of thioether (sulfide) groups is 1. The fraction of sp³-hybridized carbons (Fsp3) is 1.00. The molecule has 0 aliphatic carbocycles. The summed E-state index contributed by atoms with van der Waals surface area (Å²) < 4.78 is 0. The van der Waals surface area contributed by atoms with Crippen LogP contribution in [0.15, 0.2) is 0 Å². The number of hydrogen-bond acceptors (Lipinski definition) is 3. The Balaban J connectivity index is 2.12. The quantitative estimate of drug-likeness (QED) is 0.682. The van der Waals surface area contributed by atoms with E-state index in [1.807, 2.05) is 11.8 Å². The zero-order valence-electron chi connectivity index (χ0n) is 9.59. The van der Waals surface area contributed by atoms with Crippen LogP contribution in [-0.2, 0) is 0 Å². The molecule has 1 saturated heterocycles. The van der Waals surface area contributed by atoms with Crippen molar-refractivity contribution in [1.29, 1.82) is 0 Å². The summed E-state index contributed by atoms with van der Waals surface area (Å²) in [6, 6.07) is 0.753. The molecule has 0 saturated carbocycles. The highest BCUT2D eigenvalue weighted by atomic mass is 32.2. The Morgan fingerprint density at radius 1 is 1.50 bits per heavy atom. The van der Waals surface area contributed by atoms with E-state index in [-0.39, 0.29) is 0 Å². The fourth-order valence-corrected chi connectivity index (χ4v) is 2.49. The summed E-state index contributed by atoms with van der Waals surface area (Å²) >= 11 is 1.96. The second kappa shape index (κ2) is 7.55. The first-order valence-corrected chi connectivity index (χ1v) is 7.21. The molecule has 84 valence electrons. The summed E-state index contributed by atoms with van der Waals surface area (Å²) in [6.45, 7) is 7.26. The standard InChI is InChI=1S/C11H24N2S/c1-3-5-11-10-13(8-6-12-11)7-4-9-14-2/h11-12H,3-10H2,1-2H3. The highest BCUT2D eigenvalue weighted by Crippen LogP contribution is 2.06. The van der Waals surface area contributed by atoms with E-state index in [0.29, 0.717) is 0 Å². The summed E-state index contributed by atoms with van der Waals surface area (Å²) in [4.78, 5) is 2.62. The largest absolute Gasteiger partial charge is 0.311 e. The predicted octanol–water partition coefficient (Wildman–Crippen LogP) is 1.81. The van der Waals surface area contributed by atoms with Gasteiger partial charge in [0.1, 0.15) is 0 Å². The van der Waals surface area contributed by atoms with Crippen molar-refractivity contribution >= 4 is 11.8 Å². The Hall–Kier alpha value is 0.270. The van der Waals surface area contributed by atoms with Crippen molar-refractivity contribution in [3.8, 4) is 0 Å². The van der Waals surface area contributed by atoms with Crippen molar-refractivity contribution in [3.05, 3.63) is 0 Å². The molecule has 14 heavy (non-hydrogen) atoms. The Labute approximate surface area is 92.8 Å². The van der Waals surface area contributed by atoms with E-state index in [1.54, 1.807) is 0 Å². The maximum absolute atomic E-state index is 3.59. The van der Waals surface area contributed by atoms with Crippen molar-refractivity contribution in [2.75, 3.05) is 38.2 Å². The van der Waals surface area contributed by atoms with Gasteiger partial charge in [0.25, 0.3) is 0 Å². The molecule has 3 heteroatoms. The number of piperazine rings is 1. The van der Waals surface area contributed by atoms with E-state index >= 15 is 0 Å². The van der Waals surface area contributed by atoms with Crippen molar-refractivity contribution in [3.63, 3.8) is 0 Å². The molecule has 1 rings (SSSR count). The average molecular weight is 216 g/mol. The molecule has 1 aliphatic rings. The third-order valence-corrected chi connectivity index (χ3v) is 3.50. The van der Waals surface area contributed by atoms with Gasteiger partial charge in [-0.15, -0.1) is 0 Å². The normalized spacial score (nSPS) is 24.0. The van der Waals surface area contributed by atoms with E-state index in [4.69, 9.17) is 0 Å². The monoisotopic (exact) mass is 216 g/mol. The topological polar surface area (TPSA) is 15.3 Å². The van der Waals surface area contributed by atoms with Gasteiger partial charge in [-0.25, -0.2) is 0 Å². The minimum absolute atomic E-state index is 0.753. The second-order valence-corrected chi connectivity index (χ2v) is 5.07. The van der Waals surface area contributed by atoms with Gasteiger partial charge in [-0.2, -0.15) is 11.8 Å². The number of nitrogens with zero attached hydrogens (tertiary/aromatic N) is 1. The van der Waals surface area contributed by atoms with Gasteiger partial charge in [0, 0.05) is 25.7 Å². The van der Waals surface area contributed by atoms with Crippen molar-refractivity contribution in [2.24, 2.45) is 0 Å². The van der Waals surface area contributed by atoms with Crippen molar-refractivity contribution in [1.82, 2.24) is 10.2 Å². The molecule has 0 radical (unpaired) electrons. The molecule has 1 heterocycles. The number of rotatable bonds is 6. The van der Waals surface area contributed by atoms with Gasteiger partial charge in [0.05, 0.1) is 0 Å². The van der Waals surface area contributed by atoms with E-state index in [0.717, 1.165) is 6.04 Å². The van der Waals surface area contributed by atoms with Crippen LogP contribution < -0.4 is 5.32 Å². The molecule has 1 fully saturated rings. The molecule has 0 amide bonds. The van der Waals surface area contributed by atoms with Gasteiger partial charge in [-0.3, -0.25) is 0 Å². The minimum atomic E-state index is 0.753. The summed E-state index contributed by atoms with van der Waals surface area (Å²) in [5.41, 5.74) is 0. The van der Waals surface area contributed by atoms with Crippen LogP contribution >= 0.6 is 11.8 Å². The molecule has 0 aromatic heterocycles. The first-order chi connectivity index (χ1) is 6.86. The van der Waals surface area contributed by atoms with E-state index in [1.165, 1.54) is 51.2 Å². The van der Waals surface area contributed by atoms with Gasteiger partial charge in [-0.05, 0) is 31.4 Å². The van der Waals surface area contributed by atoms with Crippen LogP contribution in [0.25, 0.3) is 0 Å². The van der Waals surface area contributed by atoms with Gasteiger partial charge in [-0.1, -0.05) is 13.3 Å². The lowest BCUT2D eigenvalue weighted by atomic mass is 10.1. The third kappa shape index (κ3) is 4.67. The predicted molar refractivity (Wildman–Crippen MR) is 66.1 cm³/mol. The Morgan fingerprint density at radius 3 is 3.07 bits per heavy atom. The zero-order chi connectivity index (χ0) is 10.2. The maximum atomic E-state index is 3.59. The molecule has 0 aromatic rings. The molecule has 2 nitrogen and oxygen atoms in total. The first-order valence-electron chi connectivity index (χ1n) is 5.81. The van der Waals surface area contributed by atoms with Crippen LogP contribution in [0.4, 0.5) is 0 Å². The SMILES string of the molecule is CCCC1CN(CCCSC)CCN1. The van der Waals surface area contributed by atoms with Gasteiger partial charge < -0.3 is 10.2 Å². The van der Waals surface area contributed by atoms with Crippen LogP contribution in [0.1, 0.15) is 26.2 Å². The molecular formula is C11H24N2S. The molecule has 1 atom stereocenters. The molecule has 0 aromatic carbocycles. The maximum Gasteiger partial charge on any atom is 0.0195 e. The summed E-state index contributed by atoms with van der Waals surface area (Å²) in [6.07, 6.45) is 6.17. The highest BCUT2D eigenvalue weighted by Gasteiger charge is 2.17. The van der Waals surface area contributed by atoms with Crippen LogP contribution in [0.3, 0.4) is 0 Å². The van der Waals surface area contributed by atoms with Crippen LogP contribution in [0.5, 0.6) is 0 Å². The Bertz CT molecular complexity index is 139. The van der Waals surface area contributed by atoms with Gasteiger partial charge in [0.15, 0.2) is 0 Å². The lowest BCUT2D eigenvalue weighted by molar-refractivity contribution is 0.195. The highest BCUT2D eigenvalue weighted by molar-refractivity contribution is 7.98. The lowest BCUT2D eigenvalue weighted by Gasteiger charge is -2.33. The minimum Gasteiger partial charge on any atom is -0.311 e. The average Bonchev–Trinajstić information content (AvgIpc) is 2.19. The lowest BCUT2D eigenvalue weighted by Crippen LogP contribution is -2.50. The summed E-state index contributed by atoms with van der Waals surface area (Å²) in [5, 5.41) is 3.59. The van der Waals surface area contributed by atoms with Crippen LogP contribution in [0, 0.1) is 0 Å². The molecule has 1 unspecified atom stereocenters. The molecule has 0 bridgehead atoms. The van der Waals surface area contributed by atoms with E-state index < -0.39 is 0 Å². The Kier molecular flexibility index (Phi) is 6.65. The molecule has 0 spiro atoms. The van der Waals surface area contributed by atoms with Crippen molar-refractivity contribution < 1.29 is 0 Å². The second-order valence-electron chi connectivity index (χ2n) is 4.09. The summed E-state index contributed by atoms with van der Waals surface area (Å²) in [5.74, 6) is 1.31. The van der Waals surface area contributed by atoms with E-state index in [2.05, 4.69) is 23.4 Å². The molecule has 1 aliphatic heterocycles. The molecular weight excluding hydrogens is 192 g/mol. The fourth-order valence-electron chi connectivity index (χ4n) is 2.07. The van der Waals surface area contributed by atoms with Crippen molar-refractivity contribution in [2.45, 2.75) is 32.2 Å². The van der Waals surface area contributed by atoms with Crippen LogP contribution in [-0.4, -0.2) is 49.1 Å². The van der Waals surface area contributed by atoms with Gasteiger partial charge in [0.2, 0.25) is 0 Å². The number of nitrogens with one attached hydrogen (secondary N) is 1. The third-order valence-electron chi connectivity index (χ3n) is 2.80. The Morgan fingerprint density at radius 2 is 2.36 bits per heavy atom. The van der Waals surface area contributed by atoms with Crippen LogP contribution in [0.2, 0.25) is 0 Å². The molecule has 1 N–H and O–H groups in total. The number of hydrogen-bond donors (Lipinski definition) is 1. The first kappa shape index (κ1) is 12.3. The zero-order valence-corrected chi connectivity index (χ0v) is 10.4. The van der Waals surface area contributed by atoms with Gasteiger partial charge >= 0.3 is 0 Å².